The minimum Gasteiger partial charge on any atom is -0.383 e. The normalized spacial score (nSPS) is 24.8. The molecule has 1 saturated heterocycles. The van der Waals surface area contributed by atoms with Crippen LogP contribution in [0.2, 0.25) is 0 Å². The van der Waals surface area contributed by atoms with Crippen LogP contribution in [-0.4, -0.2) is 52.1 Å². The third-order valence-corrected chi connectivity index (χ3v) is 4.63. The first-order valence-corrected chi connectivity index (χ1v) is 7.40. The van der Waals surface area contributed by atoms with E-state index < -0.39 is 10.2 Å². The molecule has 0 bridgehead atoms. The highest BCUT2D eigenvalue weighted by atomic mass is 32.2. The summed E-state index contributed by atoms with van der Waals surface area (Å²) >= 11 is 0. The van der Waals surface area contributed by atoms with Crippen molar-refractivity contribution < 1.29 is 13.2 Å². The molecule has 0 aliphatic carbocycles. The first-order valence-electron chi connectivity index (χ1n) is 5.96. The molecule has 1 rings (SSSR count). The van der Waals surface area contributed by atoms with Crippen molar-refractivity contribution in [2.45, 2.75) is 25.8 Å². The Kier molecular flexibility index (Phi) is 5.81. The fraction of sp³-hybridized carbons (Fsp3) is 1.00. The number of nitrogens with one attached hydrogen (secondary N) is 1. The van der Waals surface area contributed by atoms with E-state index in [2.05, 4.69) is 4.72 Å². The van der Waals surface area contributed by atoms with Gasteiger partial charge in [-0.15, -0.1) is 0 Å². The van der Waals surface area contributed by atoms with E-state index in [1.165, 1.54) is 4.31 Å². The van der Waals surface area contributed by atoms with Crippen molar-refractivity contribution in [2.75, 3.05) is 33.4 Å². The van der Waals surface area contributed by atoms with Gasteiger partial charge in [0.25, 0.3) is 10.2 Å². The topological polar surface area (TPSA) is 84.7 Å². The van der Waals surface area contributed by atoms with Gasteiger partial charge in [-0.2, -0.15) is 17.4 Å². The molecule has 0 amide bonds. The van der Waals surface area contributed by atoms with E-state index in [-0.39, 0.29) is 12.0 Å². The standard InChI is InChI=1S/C10H23N3O3S/c1-9(8-16-2)12-17(14,15)13-5-3-4-10(6-11)7-13/h9-10,12H,3-8,11H2,1-2H3. The van der Waals surface area contributed by atoms with E-state index in [1.807, 2.05) is 0 Å². The van der Waals surface area contributed by atoms with E-state index in [0.29, 0.717) is 26.2 Å². The Morgan fingerprint density at radius 2 is 2.29 bits per heavy atom. The molecule has 1 fully saturated rings. The van der Waals surface area contributed by atoms with Crippen molar-refractivity contribution in [2.24, 2.45) is 11.7 Å². The summed E-state index contributed by atoms with van der Waals surface area (Å²) in [5.41, 5.74) is 5.60. The molecule has 2 atom stereocenters. The summed E-state index contributed by atoms with van der Waals surface area (Å²) in [5.74, 6) is 0.276. The number of piperidine rings is 1. The molecule has 2 unspecified atom stereocenters. The van der Waals surface area contributed by atoms with Crippen molar-refractivity contribution in [3.63, 3.8) is 0 Å². The Morgan fingerprint density at radius 1 is 1.59 bits per heavy atom. The van der Waals surface area contributed by atoms with Crippen molar-refractivity contribution in [1.82, 2.24) is 9.03 Å². The molecule has 1 aliphatic rings. The molecule has 0 aromatic rings. The fourth-order valence-corrected chi connectivity index (χ4v) is 3.55. The average Bonchev–Trinajstić information content (AvgIpc) is 2.28. The summed E-state index contributed by atoms with van der Waals surface area (Å²) in [6.45, 7) is 3.79. The predicted octanol–water partition coefficient (Wildman–Crippen LogP) is -0.474. The lowest BCUT2D eigenvalue weighted by atomic mass is 10.0. The van der Waals surface area contributed by atoms with Gasteiger partial charge in [-0.25, -0.2) is 0 Å². The van der Waals surface area contributed by atoms with Crippen LogP contribution in [0.4, 0.5) is 0 Å². The van der Waals surface area contributed by atoms with Gasteiger partial charge in [0.2, 0.25) is 0 Å². The maximum atomic E-state index is 12.1. The number of ether oxygens (including phenoxy) is 1. The third-order valence-electron chi connectivity index (χ3n) is 2.92. The molecule has 0 saturated carbocycles. The van der Waals surface area contributed by atoms with Crippen molar-refractivity contribution in [1.29, 1.82) is 0 Å². The minimum absolute atomic E-state index is 0.219. The number of hydrogen-bond donors (Lipinski definition) is 2. The van der Waals surface area contributed by atoms with Crippen LogP contribution in [-0.2, 0) is 14.9 Å². The van der Waals surface area contributed by atoms with Gasteiger partial charge in [-0.1, -0.05) is 0 Å². The van der Waals surface area contributed by atoms with Gasteiger partial charge >= 0.3 is 0 Å². The fourth-order valence-electron chi connectivity index (χ4n) is 2.05. The number of nitrogens with zero attached hydrogens (tertiary/aromatic N) is 1. The molecule has 1 heterocycles. The quantitative estimate of drug-likeness (QED) is 0.680. The molecule has 1 aliphatic heterocycles. The van der Waals surface area contributed by atoms with Crippen LogP contribution in [0.1, 0.15) is 19.8 Å². The Labute approximate surface area is 104 Å². The molecule has 0 radical (unpaired) electrons. The highest BCUT2D eigenvalue weighted by Gasteiger charge is 2.29. The monoisotopic (exact) mass is 265 g/mol. The zero-order valence-electron chi connectivity index (χ0n) is 10.6. The molecule has 0 spiro atoms. The molecular weight excluding hydrogens is 242 g/mol. The molecule has 0 aromatic carbocycles. The first-order chi connectivity index (χ1) is 7.99. The van der Waals surface area contributed by atoms with Crippen molar-refractivity contribution in [3.05, 3.63) is 0 Å². The first kappa shape index (κ1) is 14.8. The molecule has 17 heavy (non-hydrogen) atoms. The lowest BCUT2D eigenvalue weighted by Gasteiger charge is -2.32. The summed E-state index contributed by atoms with van der Waals surface area (Å²) in [7, 11) is -1.85. The van der Waals surface area contributed by atoms with Gasteiger partial charge < -0.3 is 10.5 Å². The van der Waals surface area contributed by atoms with E-state index in [1.54, 1.807) is 14.0 Å². The molecule has 6 nitrogen and oxygen atoms in total. The van der Waals surface area contributed by atoms with Gasteiger partial charge in [0.15, 0.2) is 0 Å². The highest BCUT2D eigenvalue weighted by molar-refractivity contribution is 7.87. The Balaban J connectivity index is 2.57. The van der Waals surface area contributed by atoms with Crippen LogP contribution in [0.5, 0.6) is 0 Å². The lowest BCUT2D eigenvalue weighted by Crippen LogP contribution is -2.50. The summed E-state index contributed by atoms with van der Waals surface area (Å²) in [4.78, 5) is 0. The SMILES string of the molecule is COCC(C)NS(=O)(=O)N1CCCC(CN)C1. The van der Waals surface area contributed by atoms with Crippen LogP contribution in [0, 0.1) is 5.92 Å². The predicted molar refractivity (Wildman–Crippen MR) is 66.7 cm³/mol. The van der Waals surface area contributed by atoms with Crippen molar-refractivity contribution >= 4 is 10.2 Å². The van der Waals surface area contributed by atoms with E-state index in [4.69, 9.17) is 10.5 Å². The number of rotatable bonds is 6. The summed E-state index contributed by atoms with van der Waals surface area (Å²) in [6, 6.07) is -0.219. The second-order valence-electron chi connectivity index (χ2n) is 4.58. The number of hydrogen-bond acceptors (Lipinski definition) is 4. The summed E-state index contributed by atoms with van der Waals surface area (Å²) < 4.78 is 33.1. The van der Waals surface area contributed by atoms with Gasteiger partial charge in [-0.3, -0.25) is 0 Å². The molecule has 3 N–H and O–H groups in total. The van der Waals surface area contributed by atoms with E-state index in [0.717, 1.165) is 12.8 Å². The van der Waals surface area contributed by atoms with E-state index in [9.17, 15) is 8.42 Å². The Morgan fingerprint density at radius 3 is 2.88 bits per heavy atom. The largest absolute Gasteiger partial charge is 0.383 e. The van der Waals surface area contributed by atoms with Crippen LogP contribution >= 0.6 is 0 Å². The maximum absolute atomic E-state index is 12.1. The number of nitrogens with two attached hydrogens (primary N) is 1. The van der Waals surface area contributed by atoms with Gasteiger partial charge in [0, 0.05) is 26.2 Å². The molecular formula is C10H23N3O3S. The summed E-state index contributed by atoms with van der Waals surface area (Å²) in [5, 5.41) is 0. The molecule has 0 aromatic heterocycles. The highest BCUT2D eigenvalue weighted by Crippen LogP contribution is 2.17. The van der Waals surface area contributed by atoms with E-state index >= 15 is 0 Å². The maximum Gasteiger partial charge on any atom is 0.279 e. The van der Waals surface area contributed by atoms with Crippen molar-refractivity contribution in [3.8, 4) is 0 Å². The second-order valence-corrected chi connectivity index (χ2v) is 6.28. The smallest absolute Gasteiger partial charge is 0.279 e. The third kappa shape index (κ3) is 4.51. The summed E-state index contributed by atoms with van der Waals surface area (Å²) in [6.07, 6.45) is 1.89. The van der Waals surface area contributed by atoms with Crippen LogP contribution in [0.15, 0.2) is 0 Å². The van der Waals surface area contributed by atoms with Gasteiger partial charge in [0.1, 0.15) is 0 Å². The average molecular weight is 265 g/mol. The Bertz CT molecular complexity index is 321. The van der Waals surface area contributed by atoms with Gasteiger partial charge in [0.05, 0.1) is 6.61 Å². The Hall–Kier alpha value is -0.210. The van der Waals surface area contributed by atoms with Gasteiger partial charge in [-0.05, 0) is 32.2 Å². The number of methoxy groups -OCH3 is 1. The molecule has 102 valence electrons. The van der Waals surface area contributed by atoms with Crippen LogP contribution < -0.4 is 10.5 Å². The minimum atomic E-state index is -3.40. The molecule has 7 heteroatoms. The second kappa shape index (κ2) is 6.65. The lowest BCUT2D eigenvalue weighted by molar-refractivity contribution is 0.178. The van der Waals surface area contributed by atoms with Crippen LogP contribution in [0.25, 0.3) is 0 Å². The zero-order chi connectivity index (χ0) is 12.9. The van der Waals surface area contributed by atoms with Crippen LogP contribution in [0.3, 0.4) is 0 Å². The zero-order valence-corrected chi connectivity index (χ0v) is 11.4.